The highest BCUT2D eigenvalue weighted by Gasteiger charge is 2.14. The van der Waals surface area contributed by atoms with Gasteiger partial charge in [-0.05, 0) is 0 Å². The minimum atomic E-state index is -1.35. The number of aliphatic carboxylic acids is 1. The Morgan fingerprint density at radius 1 is 1.33 bits per heavy atom. The molecule has 0 saturated heterocycles. The lowest BCUT2D eigenvalue weighted by molar-refractivity contribution is -0.150. The second kappa shape index (κ2) is 4.75. The Labute approximate surface area is 69.6 Å². The first kappa shape index (κ1) is 11.7. The zero-order valence-corrected chi connectivity index (χ0v) is 4.84. The van der Waals surface area contributed by atoms with E-state index < -0.39 is 17.7 Å². The molecule has 0 aromatic carbocycles. The molecule has 0 aliphatic carbocycles. The van der Waals surface area contributed by atoms with Crippen LogP contribution in [0.1, 0.15) is 13.8 Å². The Balaban J connectivity index is 0. The van der Waals surface area contributed by atoms with Gasteiger partial charge in [-0.15, -0.1) is 0 Å². The van der Waals surface area contributed by atoms with Gasteiger partial charge in [0.1, 0.15) is 0 Å². The molecule has 0 fully saturated rings. The number of carbonyl (C=O) groups excluding carboxylic acids is 1. The molecule has 0 radical (unpaired) electrons. The molecule has 0 unspecified atom stereocenters. The van der Waals surface area contributed by atoms with Gasteiger partial charge >= 0.3 is 29.0 Å². The molecule has 0 spiro atoms. The van der Waals surface area contributed by atoms with E-state index >= 15 is 0 Å². The number of carboxylic acids is 1. The van der Waals surface area contributed by atoms with Crippen molar-refractivity contribution < 1.29 is 14.7 Å². The molecule has 3 nitrogen and oxygen atoms in total. The van der Waals surface area contributed by atoms with Gasteiger partial charge < -0.3 is 5.11 Å². The van der Waals surface area contributed by atoms with Crippen LogP contribution in [-0.4, -0.2) is 39.9 Å². The van der Waals surface area contributed by atoms with Gasteiger partial charge in [0.25, 0.3) is 0 Å². The highest BCUT2D eigenvalue weighted by atomic mass is 24.3. The highest BCUT2D eigenvalue weighted by Crippen LogP contribution is 1.92. The first-order valence-corrected chi connectivity index (χ1v) is 2.33. The fourth-order valence-electron chi connectivity index (χ4n) is 0.247. The summed E-state index contributed by atoms with van der Waals surface area (Å²) in [4.78, 5) is 20.0. The minimum Gasteiger partial charge on any atom is -0.475 e. The number of carboxylic acid groups (broad SMARTS) is 1. The first-order chi connectivity index (χ1) is 3.55. The van der Waals surface area contributed by atoms with Crippen molar-refractivity contribution in [2.75, 3.05) is 0 Å². The third-order valence-electron chi connectivity index (χ3n) is 0.735. The predicted molar refractivity (Wildman–Crippen MR) is 36.0 cm³/mol. The van der Waals surface area contributed by atoms with Crippen LogP contribution in [0, 0.1) is 5.92 Å². The number of carbonyl (C=O) groups is 2. The summed E-state index contributed by atoms with van der Waals surface area (Å²) in [5.74, 6) is -2.47. The second-order valence-corrected chi connectivity index (χ2v) is 1.82. The molecule has 0 aliphatic heterocycles. The number of Topliss-reactive ketones (excluding diaryl/α,β-unsaturated/α-hetero) is 1. The van der Waals surface area contributed by atoms with Gasteiger partial charge in [-0.2, -0.15) is 0 Å². The largest absolute Gasteiger partial charge is 0.475 e. The summed E-state index contributed by atoms with van der Waals surface area (Å²) in [5.41, 5.74) is 0. The average molecular weight is 142 g/mol. The zero-order chi connectivity index (χ0) is 6.73. The van der Waals surface area contributed by atoms with Crippen LogP contribution >= 0.6 is 0 Å². The number of hydrogen-bond donors (Lipinski definition) is 1. The molecule has 0 aromatic heterocycles. The van der Waals surface area contributed by atoms with E-state index in [2.05, 4.69) is 0 Å². The van der Waals surface area contributed by atoms with E-state index in [1.165, 1.54) is 0 Å². The van der Waals surface area contributed by atoms with E-state index in [1.807, 2.05) is 0 Å². The zero-order valence-electron chi connectivity index (χ0n) is 4.84. The van der Waals surface area contributed by atoms with E-state index in [0.717, 1.165) is 0 Å². The van der Waals surface area contributed by atoms with Crippen molar-refractivity contribution in [3.63, 3.8) is 0 Å². The quantitative estimate of drug-likeness (QED) is 0.413. The smallest absolute Gasteiger partial charge is 0.372 e. The van der Waals surface area contributed by atoms with Crippen LogP contribution in [0.5, 0.6) is 0 Å². The molecule has 0 atom stereocenters. The van der Waals surface area contributed by atoms with Crippen molar-refractivity contribution in [1.82, 2.24) is 0 Å². The van der Waals surface area contributed by atoms with Gasteiger partial charge in [0.2, 0.25) is 5.78 Å². The van der Waals surface area contributed by atoms with Gasteiger partial charge in [0.05, 0.1) is 0 Å². The van der Waals surface area contributed by atoms with Gasteiger partial charge in [-0.1, -0.05) is 13.8 Å². The Morgan fingerprint density at radius 2 is 1.67 bits per heavy atom. The van der Waals surface area contributed by atoms with Crippen molar-refractivity contribution >= 4 is 34.8 Å². The van der Waals surface area contributed by atoms with Crippen molar-refractivity contribution in [3.05, 3.63) is 0 Å². The molecule has 1 N–H and O–H groups in total. The minimum absolute atomic E-state index is 0. The summed E-state index contributed by atoms with van der Waals surface area (Å²) in [7, 11) is 0. The van der Waals surface area contributed by atoms with Gasteiger partial charge in [-0.3, -0.25) is 4.79 Å². The Kier molecular flexibility index (Phi) is 6.17. The maximum Gasteiger partial charge on any atom is 0.372 e. The molecule has 0 saturated carbocycles. The van der Waals surface area contributed by atoms with Crippen LogP contribution < -0.4 is 0 Å². The topological polar surface area (TPSA) is 54.4 Å². The maximum atomic E-state index is 10.2. The fourth-order valence-corrected chi connectivity index (χ4v) is 0.247. The molecular formula is C5H10MgO3. The number of hydrogen-bond acceptors (Lipinski definition) is 2. The van der Waals surface area contributed by atoms with Crippen LogP contribution in [0.25, 0.3) is 0 Å². The average Bonchev–Trinajstić information content (AvgIpc) is 1.64. The molecule has 50 valence electrons. The summed E-state index contributed by atoms with van der Waals surface area (Å²) in [6.07, 6.45) is 0. The highest BCUT2D eigenvalue weighted by molar-refractivity contribution is 6.33. The normalized spacial score (nSPS) is 8.33. The van der Waals surface area contributed by atoms with Crippen molar-refractivity contribution in [3.8, 4) is 0 Å². The molecular weight excluding hydrogens is 132 g/mol. The molecule has 0 aromatic rings. The van der Waals surface area contributed by atoms with Crippen LogP contribution in [0.3, 0.4) is 0 Å². The SMILES string of the molecule is CC(C)C(=O)C(=O)O.[MgH2]. The van der Waals surface area contributed by atoms with Gasteiger partial charge in [-0.25, -0.2) is 4.79 Å². The number of rotatable bonds is 2. The van der Waals surface area contributed by atoms with E-state index in [9.17, 15) is 9.59 Å². The summed E-state index contributed by atoms with van der Waals surface area (Å²) in [6, 6.07) is 0. The summed E-state index contributed by atoms with van der Waals surface area (Å²) in [5, 5.41) is 8.00. The molecule has 0 rings (SSSR count). The van der Waals surface area contributed by atoms with Crippen LogP contribution in [0.2, 0.25) is 0 Å². The lowest BCUT2D eigenvalue weighted by Gasteiger charge is -1.93. The van der Waals surface area contributed by atoms with Crippen LogP contribution in [-0.2, 0) is 9.59 Å². The summed E-state index contributed by atoms with van der Waals surface area (Å²) in [6.45, 7) is 3.10. The molecule has 0 aliphatic rings. The van der Waals surface area contributed by atoms with Gasteiger partial charge in [0.15, 0.2) is 0 Å². The van der Waals surface area contributed by atoms with E-state index in [4.69, 9.17) is 5.11 Å². The van der Waals surface area contributed by atoms with E-state index in [1.54, 1.807) is 13.8 Å². The third kappa shape index (κ3) is 4.41. The summed E-state index contributed by atoms with van der Waals surface area (Å²) >= 11 is 0. The Bertz CT molecular complexity index is 119. The number of ketones is 1. The van der Waals surface area contributed by atoms with Crippen LogP contribution in [0.15, 0.2) is 0 Å². The molecule has 9 heavy (non-hydrogen) atoms. The third-order valence-corrected chi connectivity index (χ3v) is 0.735. The molecule has 0 amide bonds. The van der Waals surface area contributed by atoms with Crippen molar-refractivity contribution in [2.45, 2.75) is 13.8 Å². The summed E-state index contributed by atoms with van der Waals surface area (Å²) < 4.78 is 0. The predicted octanol–water partition coefficient (Wildman–Crippen LogP) is -0.620. The van der Waals surface area contributed by atoms with E-state index in [-0.39, 0.29) is 23.1 Å². The Hall–Kier alpha value is -0.0938. The lowest BCUT2D eigenvalue weighted by atomic mass is 10.1. The maximum absolute atomic E-state index is 10.2. The first-order valence-electron chi connectivity index (χ1n) is 2.33. The second-order valence-electron chi connectivity index (χ2n) is 1.82. The monoisotopic (exact) mass is 142 g/mol. The molecule has 0 heterocycles. The van der Waals surface area contributed by atoms with Gasteiger partial charge in [0, 0.05) is 5.92 Å². The van der Waals surface area contributed by atoms with E-state index in [0.29, 0.717) is 0 Å². The molecule has 0 bridgehead atoms. The molecule has 4 heteroatoms. The fraction of sp³-hybridized carbons (Fsp3) is 0.600. The standard InChI is InChI=1S/C5H8O3.Mg.2H/c1-3(2)4(6)5(7)8;;;/h3H,1-2H3,(H,7,8);;;. The van der Waals surface area contributed by atoms with Crippen LogP contribution in [0.4, 0.5) is 0 Å². The Morgan fingerprint density at radius 3 is 1.67 bits per heavy atom. The van der Waals surface area contributed by atoms with Crippen molar-refractivity contribution in [2.24, 2.45) is 5.92 Å². The van der Waals surface area contributed by atoms with Crippen molar-refractivity contribution in [1.29, 1.82) is 0 Å². The lowest BCUT2D eigenvalue weighted by Crippen LogP contribution is -2.18.